The number of nitrogens with one attached hydrogen (secondary N) is 2. The van der Waals surface area contributed by atoms with E-state index < -0.39 is 0 Å². The molecule has 4 nitrogen and oxygen atoms in total. The number of aryl methyl sites for hydroxylation is 1. The minimum Gasteiger partial charge on any atom is -0.356 e. The normalized spacial score (nSPS) is 11.6. The molecule has 0 spiro atoms. The molecule has 1 aromatic heterocycles. The first-order valence-corrected chi connectivity index (χ1v) is 7.05. The summed E-state index contributed by atoms with van der Waals surface area (Å²) in [4.78, 5) is 8.68. The van der Waals surface area contributed by atoms with Crippen LogP contribution in [0.2, 0.25) is 0 Å². The SMILES string of the molecule is CCCCNC(=NC)NCc1csc(CC)n1. The van der Waals surface area contributed by atoms with E-state index in [0.29, 0.717) is 0 Å². The van der Waals surface area contributed by atoms with Gasteiger partial charge in [-0.05, 0) is 12.8 Å². The Morgan fingerprint density at radius 1 is 1.41 bits per heavy atom. The van der Waals surface area contributed by atoms with Crippen LogP contribution in [0.25, 0.3) is 0 Å². The van der Waals surface area contributed by atoms with Crippen molar-refractivity contribution in [1.29, 1.82) is 0 Å². The van der Waals surface area contributed by atoms with E-state index in [-0.39, 0.29) is 0 Å². The third-order valence-corrected chi connectivity index (χ3v) is 3.43. The van der Waals surface area contributed by atoms with Gasteiger partial charge in [0.15, 0.2) is 5.96 Å². The number of unbranched alkanes of at least 4 members (excludes halogenated alkanes) is 1. The van der Waals surface area contributed by atoms with Crippen molar-refractivity contribution in [3.05, 3.63) is 16.1 Å². The van der Waals surface area contributed by atoms with Crippen molar-refractivity contribution >= 4 is 17.3 Å². The maximum atomic E-state index is 4.50. The van der Waals surface area contributed by atoms with Crippen molar-refractivity contribution in [3.63, 3.8) is 0 Å². The van der Waals surface area contributed by atoms with E-state index in [0.717, 1.165) is 37.6 Å². The van der Waals surface area contributed by atoms with E-state index in [1.807, 2.05) is 0 Å². The van der Waals surface area contributed by atoms with Gasteiger partial charge >= 0.3 is 0 Å². The van der Waals surface area contributed by atoms with Crippen molar-refractivity contribution in [3.8, 4) is 0 Å². The quantitative estimate of drug-likeness (QED) is 0.465. The second-order valence-electron chi connectivity index (χ2n) is 3.79. The van der Waals surface area contributed by atoms with Gasteiger partial charge < -0.3 is 10.6 Å². The van der Waals surface area contributed by atoms with Gasteiger partial charge in [-0.25, -0.2) is 4.98 Å². The summed E-state index contributed by atoms with van der Waals surface area (Å²) >= 11 is 1.72. The Hall–Kier alpha value is -1.10. The number of aromatic nitrogens is 1. The molecule has 0 saturated carbocycles. The summed E-state index contributed by atoms with van der Waals surface area (Å²) < 4.78 is 0. The minimum atomic E-state index is 0.738. The zero-order valence-corrected chi connectivity index (χ0v) is 11.7. The highest BCUT2D eigenvalue weighted by atomic mass is 32.1. The third-order valence-electron chi connectivity index (χ3n) is 2.39. The van der Waals surface area contributed by atoms with Crippen LogP contribution in [0.15, 0.2) is 10.4 Å². The molecular weight excluding hydrogens is 232 g/mol. The number of rotatable bonds is 6. The maximum Gasteiger partial charge on any atom is 0.191 e. The van der Waals surface area contributed by atoms with E-state index in [9.17, 15) is 0 Å². The number of hydrogen-bond acceptors (Lipinski definition) is 3. The highest BCUT2D eigenvalue weighted by Crippen LogP contribution is 2.09. The molecule has 0 atom stereocenters. The number of guanidine groups is 1. The standard InChI is InChI=1S/C12H22N4S/c1-4-6-7-14-12(13-3)15-8-10-9-17-11(5-2)16-10/h9H,4-8H2,1-3H3,(H2,13,14,15). The molecule has 0 radical (unpaired) electrons. The molecule has 0 aliphatic carbocycles. The Bertz CT molecular complexity index is 346. The Labute approximate surface area is 108 Å². The van der Waals surface area contributed by atoms with Crippen LogP contribution in [0.5, 0.6) is 0 Å². The van der Waals surface area contributed by atoms with Crippen LogP contribution in [-0.2, 0) is 13.0 Å². The van der Waals surface area contributed by atoms with Gasteiger partial charge in [0.2, 0.25) is 0 Å². The zero-order chi connectivity index (χ0) is 12.5. The first-order valence-electron chi connectivity index (χ1n) is 6.17. The first-order chi connectivity index (χ1) is 8.30. The molecule has 17 heavy (non-hydrogen) atoms. The van der Waals surface area contributed by atoms with Gasteiger partial charge in [0.25, 0.3) is 0 Å². The molecule has 0 bridgehead atoms. The van der Waals surface area contributed by atoms with Gasteiger partial charge in [0.05, 0.1) is 17.2 Å². The van der Waals surface area contributed by atoms with E-state index in [2.05, 4.69) is 39.8 Å². The minimum absolute atomic E-state index is 0.738. The van der Waals surface area contributed by atoms with Crippen LogP contribution in [0, 0.1) is 0 Å². The molecule has 1 heterocycles. The van der Waals surface area contributed by atoms with Crippen molar-refractivity contribution in [2.45, 2.75) is 39.7 Å². The Balaban J connectivity index is 2.32. The number of hydrogen-bond donors (Lipinski definition) is 2. The van der Waals surface area contributed by atoms with Crippen LogP contribution in [-0.4, -0.2) is 24.5 Å². The molecule has 0 saturated heterocycles. The van der Waals surface area contributed by atoms with Crippen LogP contribution in [0.3, 0.4) is 0 Å². The molecule has 1 aromatic rings. The molecule has 2 N–H and O–H groups in total. The second kappa shape index (κ2) is 8.06. The van der Waals surface area contributed by atoms with Gasteiger partial charge in [-0.1, -0.05) is 20.3 Å². The average molecular weight is 254 g/mol. The Morgan fingerprint density at radius 3 is 2.82 bits per heavy atom. The Morgan fingerprint density at radius 2 is 2.24 bits per heavy atom. The molecule has 1 rings (SSSR count). The molecule has 0 fully saturated rings. The topological polar surface area (TPSA) is 49.3 Å². The predicted octanol–water partition coefficient (Wildman–Crippen LogP) is 2.17. The third kappa shape index (κ3) is 5.17. The zero-order valence-electron chi connectivity index (χ0n) is 10.9. The van der Waals surface area contributed by atoms with Gasteiger partial charge in [-0.2, -0.15) is 0 Å². The van der Waals surface area contributed by atoms with Gasteiger partial charge in [-0.3, -0.25) is 4.99 Å². The fourth-order valence-electron chi connectivity index (χ4n) is 1.37. The number of thiazole rings is 1. The van der Waals surface area contributed by atoms with Crippen LogP contribution in [0.1, 0.15) is 37.4 Å². The van der Waals surface area contributed by atoms with E-state index >= 15 is 0 Å². The monoisotopic (exact) mass is 254 g/mol. The number of nitrogens with zero attached hydrogens (tertiary/aromatic N) is 2. The molecule has 96 valence electrons. The van der Waals surface area contributed by atoms with E-state index in [1.165, 1.54) is 11.4 Å². The summed E-state index contributed by atoms with van der Waals surface area (Å²) in [6.07, 6.45) is 3.36. The summed E-state index contributed by atoms with van der Waals surface area (Å²) in [6.45, 7) is 6.01. The highest BCUT2D eigenvalue weighted by Gasteiger charge is 2.01. The molecule has 0 aliphatic heterocycles. The maximum absolute atomic E-state index is 4.50. The van der Waals surface area contributed by atoms with E-state index in [4.69, 9.17) is 0 Å². The van der Waals surface area contributed by atoms with Gasteiger partial charge in [-0.15, -0.1) is 11.3 Å². The lowest BCUT2D eigenvalue weighted by Crippen LogP contribution is -2.37. The second-order valence-corrected chi connectivity index (χ2v) is 4.73. The largest absolute Gasteiger partial charge is 0.356 e. The molecule has 0 aliphatic rings. The van der Waals surface area contributed by atoms with Crippen molar-refractivity contribution in [2.75, 3.05) is 13.6 Å². The lowest BCUT2D eigenvalue weighted by atomic mass is 10.3. The summed E-state index contributed by atoms with van der Waals surface area (Å²) in [7, 11) is 1.79. The summed E-state index contributed by atoms with van der Waals surface area (Å²) in [5.74, 6) is 0.851. The van der Waals surface area contributed by atoms with Crippen LogP contribution < -0.4 is 10.6 Å². The first kappa shape index (κ1) is 14.0. The fourth-order valence-corrected chi connectivity index (χ4v) is 2.12. The number of aliphatic imine (C=N–C) groups is 1. The summed E-state index contributed by atoms with van der Waals surface area (Å²) in [5.41, 5.74) is 1.09. The lowest BCUT2D eigenvalue weighted by molar-refractivity contribution is 0.726. The van der Waals surface area contributed by atoms with Crippen molar-refractivity contribution < 1.29 is 0 Å². The average Bonchev–Trinajstić information content (AvgIpc) is 2.81. The van der Waals surface area contributed by atoms with Crippen LogP contribution in [0.4, 0.5) is 0 Å². The van der Waals surface area contributed by atoms with Crippen LogP contribution >= 0.6 is 11.3 Å². The smallest absolute Gasteiger partial charge is 0.191 e. The molecule has 0 unspecified atom stereocenters. The van der Waals surface area contributed by atoms with Gasteiger partial charge in [0, 0.05) is 19.0 Å². The lowest BCUT2D eigenvalue weighted by Gasteiger charge is -2.10. The Kier molecular flexibility index (Phi) is 6.62. The van der Waals surface area contributed by atoms with Crippen molar-refractivity contribution in [1.82, 2.24) is 15.6 Å². The molecule has 0 aromatic carbocycles. The predicted molar refractivity (Wildman–Crippen MR) is 74.6 cm³/mol. The molecule has 5 heteroatoms. The van der Waals surface area contributed by atoms with E-state index in [1.54, 1.807) is 18.4 Å². The highest BCUT2D eigenvalue weighted by molar-refractivity contribution is 7.09. The summed E-state index contributed by atoms with van der Waals surface area (Å²) in [6, 6.07) is 0. The van der Waals surface area contributed by atoms with Gasteiger partial charge in [0.1, 0.15) is 0 Å². The fraction of sp³-hybridized carbons (Fsp3) is 0.667. The molecular formula is C12H22N4S. The van der Waals surface area contributed by atoms with Crippen molar-refractivity contribution in [2.24, 2.45) is 4.99 Å². The summed E-state index contributed by atoms with van der Waals surface area (Å²) in [5, 5.41) is 9.83. The molecule has 0 amide bonds.